The predicted molar refractivity (Wildman–Crippen MR) is 143 cm³/mol. The summed E-state index contributed by atoms with van der Waals surface area (Å²) in [4.78, 5) is 20.8. The number of aliphatic imine (C=N–C) groups is 1. The average molecular weight is 569 g/mol. The first-order chi connectivity index (χ1) is 15.4. The highest BCUT2D eigenvalue weighted by molar-refractivity contribution is 14.0. The fraction of sp³-hybridized carbons (Fsp3) is 0.565. The highest BCUT2D eigenvalue weighted by atomic mass is 127. The zero-order valence-corrected chi connectivity index (χ0v) is 22.2. The minimum absolute atomic E-state index is 0. The zero-order valence-electron chi connectivity index (χ0n) is 19.9. The summed E-state index contributed by atoms with van der Waals surface area (Å²) < 4.78 is 1.96. The molecule has 1 aliphatic heterocycles. The number of anilines is 1. The van der Waals surface area contributed by atoms with Gasteiger partial charge >= 0.3 is 0 Å². The Morgan fingerprint density at radius 3 is 2.73 bits per heavy atom. The van der Waals surface area contributed by atoms with Gasteiger partial charge in [0.15, 0.2) is 11.8 Å². The van der Waals surface area contributed by atoms with Gasteiger partial charge in [-0.3, -0.25) is 4.79 Å². The molecule has 1 aromatic carbocycles. The maximum atomic E-state index is 11.4. The van der Waals surface area contributed by atoms with E-state index in [1.807, 2.05) is 24.6 Å². The zero-order chi connectivity index (χ0) is 22.9. The number of benzene rings is 1. The molecule has 33 heavy (non-hydrogen) atoms. The van der Waals surface area contributed by atoms with Crippen molar-refractivity contribution in [2.75, 3.05) is 38.1 Å². The fourth-order valence-electron chi connectivity index (χ4n) is 4.04. The number of primary amides is 1. The Labute approximate surface area is 213 Å². The number of aryl methyl sites for hydroxylation is 1. The van der Waals surface area contributed by atoms with E-state index < -0.39 is 0 Å². The summed E-state index contributed by atoms with van der Waals surface area (Å²) in [7, 11) is 4.07. The van der Waals surface area contributed by atoms with Gasteiger partial charge in [-0.1, -0.05) is 18.2 Å². The molecule has 0 bridgehead atoms. The van der Waals surface area contributed by atoms with Crippen LogP contribution in [0.15, 0.2) is 35.3 Å². The summed E-state index contributed by atoms with van der Waals surface area (Å²) in [5.74, 6) is 2.60. The summed E-state index contributed by atoms with van der Waals surface area (Å²) in [5.41, 5.74) is 6.66. The van der Waals surface area contributed by atoms with Gasteiger partial charge < -0.3 is 25.4 Å². The molecule has 1 fully saturated rings. The van der Waals surface area contributed by atoms with Crippen LogP contribution in [-0.2, 0) is 18.4 Å². The molecule has 1 aliphatic rings. The predicted octanol–water partition coefficient (Wildman–Crippen LogP) is 2.30. The van der Waals surface area contributed by atoms with Crippen molar-refractivity contribution < 1.29 is 4.79 Å². The van der Waals surface area contributed by atoms with Gasteiger partial charge in [0.25, 0.3) is 0 Å². The summed E-state index contributed by atoms with van der Waals surface area (Å²) in [5, 5.41) is 11.9. The number of para-hydroxylation sites is 1. The third-order valence-corrected chi connectivity index (χ3v) is 6.01. The second-order valence-electron chi connectivity index (χ2n) is 8.52. The van der Waals surface area contributed by atoms with Crippen LogP contribution in [0.1, 0.15) is 37.3 Å². The van der Waals surface area contributed by atoms with Crippen LogP contribution in [0.25, 0.3) is 0 Å². The quantitative estimate of drug-likeness (QED) is 0.208. The Morgan fingerprint density at radius 2 is 2.06 bits per heavy atom. The fourth-order valence-corrected chi connectivity index (χ4v) is 4.04. The molecule has 2 aromatic rings. The molecule has 1 saturated heterocycles. The molecular weight excluding hydrogens is 531 g/mol. The molecule has 10 heteroatoms. The molecule has 3 N–H and O–H groups in total. The van der Waals surface area contributed by atoms with E-state index in [4.69, 9.17) is 10.7 Å². The van der Waals surface area contributed by atoms with E-state index in [9.17, 15) is 4.79 Å². The molecule has 2 heterocycles. The van der Waals surface area contributed by atoms with Crippen LogP contribution in [0.4, 0.5) is 5.69 Å². The van der Waals surface area contributed by atoms with Crippen molar-refractivity contribution in [2.45, 2.75) is 39.2 Å². The number of nitrogens with zero attached hydrogens (tertiary/aromatic N) is 6. The first-order valence-corrected chi connectivity index (χ1v) is 11.4. The lowest BCUT2D eigenvalue weighted by Crippen LogP contribution is -2.47. The lowest BCUT2D eigenvalue weighted by molar-refractivity contribution is -0.119. The third-order valence-electron chi connectivity index (χ3n) is 6.01. The number of nitrogens with one attached hydrogen (secondary N) is 1. The first-order valence-electron chi connectivity index (χ1n) is 11.4. The van der Waals surface area contributed by atoms with Crippen LogP contribution in [0.5, 0.6) is 0 Å². The number of piperidine rings is 1. The number of aromatic nitrogens is 3. The Balaban J connectivity index is 0.00000385. The van der Waals surface area contributed by atoms with E-state index in [0.717, 1.165) is 63.0 Å². The molecule has 3 rings (SSSR count). The number of hydrogen-bond acceptors (Lipinski definition) is 5. The number of carbonyl (C=O) groups excluding carboxylic acids is 1. The summed E-state index contributed by atoms with van der Waals surface area (Å²) in [6.45, 7) is 5.85. The number of amides is 1. The van der Waals surface area contributed by atoms with Gasteiger partial charge in [0.2, 0.25) is 5.91 Å². The number of nitrogens with two attached hydrogens (primary N) is 1. The molecule has 0 aliphatic carbocycles. The van der Waals surface area contributed by atoms with Gasteiger partial charge in [0.05, 0.1) is 0 Å². The lowest BCUT2D eigenvalue weighted by atomic mass is 9.95. The van der Waals surface area contributed by atoms with Crippen LogP contribution in [0, 0.1) is 12.8 Å². The van der Waals surface area contributed by atoms with Gasteiger partial charge in [-0.15, -0.1) is 34.2 Å². The molecule has 0 spiro atoms. The summed E-state index contributed by atoms with van der Waals surface area (Å²) in [6.07, 6.45) is 3.45. The van der Waals surface area contributed by atoms with Gasteiger partial charge in [-0.05, 0) is 44.2 Å². The molecule has 1 amide bonds. The molecule has 1 atom stereocenters. The maximum absolute atomic E-state index is 11.4. The van der Waals surface area contributed by atoms with E-state index in [1.165, 1.54) is 5.69 Å². The van der Waals surface area contributed by atoms with Crippen molar-refractivity contribution in [3.05, 3.63) is 42.0 Å². The van der Waals surface area contributed by atoms with Gasteiger partial charge in [0, 0.05) is 52.4 Å². The van der Waals surface area contributed by atoms with E-state index in [0.29, 0.717) is 13.0 Å². The van der Waals surface area contributed by atoms with E-state index in [1.54, 1.807) is 0 Å². The van der Waals surface area contributed by atoms with Crippen LogP contribution < -0.4 is 16.0 Å². The summed E-state index contributed by atoms with van der Waals surface area (Å²) in [6, 6.07) is 10.4. The smallest absolute Gasteiger partial charge is 0.217 e. The van der Waals surface area contributed by atoms with Gasteiger partial charge in [0.1, 0.15) is 12.4 Å². The monoisotopic (exact) mass is 568 g/mol. The molecule has 0 saturated carbocycles. The first kappa shape index (κ1) is 26.9. The number of halogens is 1. The van der Waals surface area contributed by atoms with E-state index in [-0.39, 0.29) is 35.8 Å². The largest absolute Gasteiger partial charge is 0.375 e. The topological polar surface area (TPSA) is 105 Å². The van der Waals surface area contributed by atoms with E-state index >= 15 is 0 Å². The minimum Gasteiger partial charge on any atom is -0.375 e. The van der Waals surface area contributed by atoms with Crippen molar-refractivity contribution in [1.82, 2.24) is 25.0 Å². The third kappa shape index (κ3) is 8.17. The highest BCUT2D eigenvalue weighted by Crippen LogP contribution is 2.19. The second-order valence-corrected chi connectivity index (χ2v) is 8.52. The Hall–Kier alpha value is -2.37. The minimum atomic E-state index is -0.234. The van der Waals surface area contributed by atoms with Gasteiger partial charge in [-0.2, -0.15) is 0 Å². The van der Waals surface area contributed by atoms with Crippen LogP contribution in [-0.4, -0.2) is 64.8 Å². The van der Waals surface area contributed by atoms with Gasteiger partial charge in [-0.25, -0.2) is 4.99 Å². The Kier molecular flexibility index (Phi) is 10.9. The maximum Gasteiger partial charge on any atom is 0.217 e. The highest BCUT2D eigenvalue weighted by Gasteiger charge is 2.24. The number of guanidine groups is 1. The molecule has 0 radical (unpaired) electrons. The Morgan fingerprint density at radius 1 is 1.30 bits per heavy atom. The average Bonchev–Trinajstić information content (AvgIpc) is 3.11. The second kappa shape index (κ2) is 13.4. The SMILES string of the molecule is Cc1nnc(CN=C(NCCCN(C)c2ccccc2)N2CCCC(CC(N)=O)C2)n1C.I. The van der Waals surface area contributed by atoms with Crippen molar-refractivity contribution in [1.29, 1.82) is 0 Å². The van der Waals surface area contributed by atoms with Crippen LogP contribution in [0.2, 0.25) is 0 Å². The normalized spacial score (nSPS) is 16.3. The number of carbonyl (C=O) groups is 1. The van der Waals surface area contributed by atoms with E-state index in [2.05, 4.69) is 56.6 Å². The molecule has 1 unspecified atom stereocenters. The molecule has 9 nitrogen and oxygen atoms in total. The molecule has 182 valence electrons. The Bertz CT molecular complexity index is 901. The van der Waals surface area contributed by atoms with Crippen LogP contribution >= 0.6 is 24.0 Å². The summed E-state index contributed by atoms with van der Waals surface area (Å²) >= 11 is 0. The number of hydrogen-bond donors (Lipinski definition) is 2. The number of likely N-dealkylation sites (tertiary alicyclic amines) is 1. The molecule has 1 aromatic heterocycles. The standard InChI is InChI=1S/C23H36N8O.HI/c1-18-27-28-22(30(18)3)16-26-23(31-14-7-9-19(17-31)15-21(24)32)25-12-8-13-29(2)20-10-5-4-6-11-20;/h4-6,10-11,19H,7-9,12-17H2,1-3H3,(H2,24,32)(H,25,26);1H. The van der Waals surface area contributed by atoms with Crippen molar-refractivity contribution in [3.8, 4) is 0 Å². The van der Waals surface area contributed by atoms with Crippen molar-refractivity contribution >= 4 is 41.5 Å². The molecular formula is C23H37IN8O. The van der Waals surface area contributed by atoms with Crippen molar-refractivity contribution in [2.24, 2.45) is 23.7 Å². The van der Waals surface area contributed by atoms with Crippen LogP contribution in [0.3, 0.4) is 0 Å². The lowest BCUT2D eigenvalue weighted by Gasteiger charge is -2.35. The van der Waals surface area contributed by atoms with Crippen molar-refractivity contribution in [3.63, 3.8) is 0 Å². The number of rotatable bonds is 9.